The van der Waals surface area contributed by atoms with Gasteiger partial charge in [-0.2, -0.15) is 20.4 Å². The number of rotatable bonds is 9. The number of aliphatic hydroxyl groups excluding tert-OH is 1. The van der Waals surface area contributed by atoms with Gasteiger partial charge in [0.15, 0.2) is 6.29 Å². The molecule has 2 aliphatic rings. The summed E-state index contributed by atoms with van der Waals surface area (Å²) in [6, 6.07) is 12.5. The lowest BCUT2D eigenvalue weighted by molar-refractivity contribution is 0.111. The van der Waals surface area contributed by atoms with Crippen LogP contribution in [0.4, 0.5) is 8.78 Å². The molecule has 0 saturated heterocycles. The monoisotopic (exact) mass is 1060 g/mol. The first-order valence-electron chi connectivity index (χ1n) is 17.2. The van der Waals surface area contributed by atoms with Crippen molar-refractivity contribution in [3.8, 4) is 11.4 Å². The molecule has 15 heteroatoms. The lowest BCUT2D eigenvalue weighted by atomic mass is 10.1. The highest BCUT2D eigenvalue weighted by molar-refractivity contribution is 14.1. The molecule has 0 bridgehead atoms. The van der Waals surface area contributed by atoms with Gasteiger partial charge in [-0.25, -0.2) is 18.1 Å². The normalized spacial score (nSPS) is 14.3. The number of nitrogens with zero attached hydrogens (tertiary/aromatic N) is 8. The van der Waals surface area contributed by atoms with Crippen LogP contribution in [-0.2, 0) is 13.1 Å². The van der Waals surface area contributed by atoms with Crippen LogP contribution in [0.25, 0.3) is 11.4 Å². The molecule has 278 valence electrons. The molecule has 0 spiro atoms. The number of benzene rings is 2. The SMILES string of the molecule is Cc1cc(C(O)c2cn(CC3CC3)nc2C)n(-c2ccc(F)cc2I)n1.Cc1cc(C=O)n(-c2ccc(F)cc2I)n1.Cc1nn(CC2CC2)cc1I. The van der Waals surface area contributed by atoms with E-state index < -0.39 is 6.10 Å². The van der Waals surface area contributed by atoms with E-state index in [0.717, 1.165) is 62.9 Å². The molecule has 8 rings (SSSR count). The van der Waals surface area contributed by atoms with Gasteiger partial charge in [-0.3, -0.25) is 14.2 Å². The average Bonchev–Trinajstić information content (AvgIpc) is 3.95. The molecule has 4 aromatic heterocycles. The summed E-state index contributed by atoms with van der Waals surface area (Å²) in [6.45, 7) is 9.69. The molecule has 2 aromatic carbocycles. The van der Waals surface area contributed by atoms with Crippen molar-refractivity contribution >= 4 is 74.1 Å². The van der Waals surface area contributed by atoms with Gasteiger partial charge in [0.05, 0.1) is 43.4 Å². The third-order valence-electron chi connectivity index (χ3n) is 8.84. The fourth-order valence-corrected chi connectivity index (χ4v) is 7.62. The van der Waals surface area contributed by atoms with Crippen LogP contribution >= 0.6 is 67.8 Å². The molecular weight excluding hydrogens is 1020 g/mol. The summed E-state index contributed by atoms with van der Waals surface area (Å²) in [5.41, 5.74) is 6.87. The van der Waals surface area contributed by atoms with Crippen LogP contribution in [0.2, 0.25) is 0 Å². The first-order valence-corrected chi connectivity index (χ1v) is 20.4. The van der Waals surface area contributed by atoms with Crippen molar-refractivity contribution in [2.75, 3.05) is 0 Å². The summed E-state index contributed by atoms with van der Waals surface area (Å²) < 4.78 is 36.4. The third-order valence-corrected chi connectivity index (χ3v) is 11.6. The fraction of sp³-hybridized carbons (Fsp3) is 0.342. The van der Waals surface area contributed by atoms with Crippen molar-refractivity contribution in [3.63, 3.8) is 0 Å². The topological polar surface area (TPSA) is 109 Å². The van der Waals surface area contributed by atoms with Crippen LogP contribution in [0, 0.1) is 61.9 Å². The highest BCUT2D eigenvalue weighted by Crippen LogP contribution is 2.33. The van der Waals surface area contributed by atoms with E-state index in [1.807, 2.05) is 53.4 Å². The number of carbonyl (C=O) groups excluding carboxylic acids is 1. The van der Waals surface area contributed by atoms with E-state index >= 15 is 0 Å². The lowest BCUT2D eigenvalue weighted by Crippen LogP contribution is -2.10. The largest absolute Gasteiger partial charge is 0.382 e. The van der Waals surface area contributed by atoms with Crippen LogP contribution in [0.5, 0.6) is 0 Å². The quantitative estimate of drug-likeness (QED) is 0.115. The van der Waals surface area contributed by atoms with Crippen molar-refractivity contribution in [1.82, 2.24) is 39.1 Å². The Morgan fingerprint density at radius 1 is 0.717 bits per heavy atom. The fourth-order valence-electron chi connectivity index (χ4n) is 5.78. The molecule has 53 heavy (non-hydrogen) atoms. The predicted molar refractivity (Wildman–Crippen MR) is 223 cm³/mol. The zero-order valence-electron chi connectivity index (χ0n) is 29.6. The Morgan fingerprint density at radius 2 is 1.23 bits per heavy atom. The van der Waals surface area contributed by atoms with Gasteiger partial charge in [0.2, 0.25) is 0 Å². The highest BCUT2D eigenvalue weighted by atomic mass is 127. The molecule has 0 radical (unpaired) electrons. The summed E-state index contributed by atoms with van der Waals surface area (Å²) in [7, 11) is 0. The summed E-state index contributed by atoms with van der Waals surface area (Å²) in [5.74, 6) is 1.05. The molecule has 1 atom stereocenters. The van der Waals surface area contributed by atoms with Gasteiger partial charge in [0, 0.05) is 38.2 Å². The molecule has 6 aromatic rings. The maximum absolute atomic E-state index is 13.5. The molecule has 0 aliphatic heterocycles. The van der Waals surface area contributed by atoms with Gasteiger partial charge in [-0.05, 0) is 182 Å². The first-order chi connectivity index (χ1) is 25.3. The Morgan fingerprint density at radius 3 is 1.74 bits per heavy atom. The number of carbonyl (C=O) groups is 1. The Kier molecular flexibility index (Phi) is 12.9. The molecule has 1 N–H and O–H groups in total. The van der Waals surface area contributed by atoms with E-state index in [4.69, 9.17) is 0 Å². The highest BCUT2D eigenvalue weighted by Gasteiger charge is 2.26. The standard InChI is InChI=1S/C19H20FIN4O.C11H8FIN2O.C8H11IN2/c1-11-7-18(25(22-11)17-6-5-14(20)8-16(17)21)19(26)15-10-24(23-12(15)2)9-13-3-4-13;1-7-4-9(6-16)15(14-7)11-3-2-8(12)5-10(11)13;1-6-8(9)5-11(10-6)4-7-2-3-7/h5-8,10,13,19,26H,3-4,9H2,1-2H3;2-6H,1H3;5,7H,2-4H2,1H3. The number of hydrogen-bond donors (Lipinski definition) is 1. The van der Waals surface area contributed by atoms with E-state index in [0.29, 0.717) is 26.6 Å². The molecule has 2 fully saturated rings. The summed E-state index contributed by atoms with van der Waals surface area (Å²) >= 11 is 6.43. The van der Waals surface area contributed by atoms with Crippen molar-refractivity contribution < 1.29 is 18.7 Å². The molecule has 4 heterocycles. The van der Waals surface area contributed by atoms with Crippen molar-refractivity contribution in [2.24, 2.45) is 11.8 Å². The van der Waals surface area contributed by atoms with Crippen molar-refractivity contribution in [1.29, 1.82) is 0 Å². The molecule has 1 unspecified atom stereocenters. The van der Waals surface area contributed by atoms with Crippen LogP contribution in [0.15, 0.2) is 60.9 Å². The lowest BCUT2D eigenvalue weighted by Gasteiger charge is -2.14. The van der Waals surface area contributed by atoms with E-state index in [9.17, 15) is 18.7 Å². The number of aldehydes is 1. The zero-order valence-corrected chi connectivity index (χ0v) is 36.1. The second kappa shape index (κ2) is 17.2. The van der Waals surface area contributed by atoms with Gasteiger partial charge >= 0.3 is 0 Å². The predicted octanol–water partition coefficient (Wildman–Crippen LogP) is 8.86. The third kappa shape index (κ3) is 10.2. The smallest absolute Gasteiger partial charge is 0.168 e. The van der Waals surface area contributed by atoms with E-state index in [-0.39, 0.29) is 11.6 Å². The minimum atomic E-state index is -0.843. The van der Waals surface area contributed by atoms with Crippen molar-refractivity contribution in [3.05, 3.63) is 123 Å². The van der Waals surface area contributed by atoms with E-state index in [2.05, 4.69) is 83.4 Å². The Bertz CT molecular complexity index is 2220. The van der Waals surface area contributed by atoms with Crippen molar-refractivity contribution in [2.45, 2.75) is 72.6 Å². The zero-order chi connectivity index (χ0) is 38.0. The van der Waals surface area contributed by atoms with Gasteiger partial charge in [0.25, 0.3) is 0 Å². The second-order valence-electron chi connectivity index (χ2n) is 13.5. The number of aryl methyl sites for hydroxylation is 4. The van der Waals surface area contributed by atoms with Gasteiger partial charge in [-0.1, -0.05) is 0 Å². The minimum Gasteiger partial charge on any atom is -0.382 e. The van der Waals surface area contributed by atoms with Gasteiger partial charge in [0.1, 0.15) is 23.4 Å². The van der Waals surface area contributed by atoms with E-state index in [1.54, 1.807) is 29.8 Å². The number of aliphatic hydroxyl groups is 1. The number of aromatic nitrogens is 8. The average molecular weight is 1060 g/mol. The maximum atomic E-state index is 13.5. The van der Waals surface area contributed by atoms with Crippen LogP contribution < -0.4 is 0 Å². The van der Waals surface area contributed by atoms with Gasteiger partial charge in [-0.15, -0.1) is 0 Å². The number of halogens is 5. The second-order valence-corrected chi connectivity index (χ2v) is 17.0. The molecule has 0 amide bonds. The van der Waals surface area contributed by atoms with Crippen LogP contribution in [0.3, 0.4) is 0 Å². The molecule has 2 saturated carbocycles. The minimum absolute atomic E-state index is 0.290. The van der Waals surface area contributed by atoms with Crippen LogP contribution in [-0.4, -0.2) is 50.5 Å². The summed E-state index contributed by atoms with van der Waals surface area (Å²) in [4.78, 5) is 10.9. The summed E-state index contributed by atoms with van der Waals surface area (Å²) in [5, 5.41) is 28.7. The van der Waals surface area contributed by atoms with Crippen LogP contribution in [0.1, 0.15) is 76.3 Å². The van der Waals surface area contributed by atoms with E-state index in [1.165, 1.54) is 58.2 Å². The number of hydrogen-bond acceptors (Lipinski definition) is 6. The molecule has 10 nitrogen and oxygen atoms in total. The van der Waals surface area contributed by atoms with Gasteiger partial charge < -0.3 is 5.11 Å². The Hall–Kier alpha value is -3.04. The summed E-state index contributed by atoms with van der Waals surface area (Å²) in [6.07, 6.45) is 9.27. The first kappa shape index (κ1) is 39.6. The molecule has 2 aliphatic carbocycles. The maximum Gasteiger partial charge on any atom is 0.168 e. The Labute approximate surface area is 347 Å². The Balaban J connectivity index is 0.000000151. The molecular formula is C38H39F2I3N8O2.